The normalized spacial score (nSPS) is 50.5. The van der Waals surface area contributed by atoms with Gasteiger partial charge in [0.1, 0.15) is 48.3 Å². The predicted molar refractivity (Wildman–Crippen MR) is 298 cm³/mol. The summed E-state index contributed by atoms with van der Waals surface area (Å²) in [5, 5.41) is 47.9. The van der Waals surface area contributed by atoms with Crippen LogP contribution in [0.1, 0.15) is 166 Å². The van der Waals surface area contributed by atoms with E-state index in [9.17, 15) is 30.0 Å². The molecule has 5 saturated heterocycles. The van der Waals surface area contributed by atoms with Crippen molar-refractivity contribution in [3.8, 4) is 0 Å². The second kappa shape index (κ2) is 27.0. The lowest BCUT2D eigenvalue weighted by Gasteiger charge is -2.66. The third kappa shape index (κ3) is 12.8. The number of ether oxygens (including phenoxy) is 16. The average molecular weight is 1200 g/mol. The Kier molecular flexibility index (Phi) is 21.4. The fourth-order valence-electron chi connectivity index (χ4n) is 17.0. The van der Waals surface area contributed by atoms with Crippen LogP contribution in [0.25, 0.3) is 0 Å². The molecule has 0 aromatic rings. The van der Waals surface area contributed by atoms with Gasteiger partial charge in [-0.3, -0.25) is 9.59 Å². The van der Waals surface area contributed by atoms with Gasteiger partial charge in [-0.2, -0.15) is 0 Å². The van der Waals surface area contributed by atoms with Gasteiger partial charge >= 0.3 is 11.9 Å². The van der Waals surface area contributed by atoms with Gasteiger partial charge in [0.2, 0.25) is 0 Å². The van der Waals surface area contributed by atoms with Crippen LogP contribution in [-0.4, -0.2) is 213 Å². The van der Waals surface area contributed by atoms with Crippen LogP contribution < -0.4 is 0 Å². The predicted octanol–water partition coefficient (Wildman–Crippen LogP) is 5.78. The number of hydrogen-bond acceptors (Lipinski definition) is 22. The maximum absolute atomic E-state index is 13.1. The second-order valence-electron chi connectivity index (χ2n) is 26.9. The SMILES string of the molecule is CCC(C)C(=O)O[C@@H](C)[C@]1(O)CC[C@]2(O)[C@@H]3CC[C@H]4C[C@@H](O[C@H]5C[C@H](O)[C@H](O[C@H]6C[C@H](OC)[C@H](O[C@H]7C[C@@H](OC)[C@H](O[C@H]8C[C@@H](OC)[C@H](O[C@H]9C[C@@H](OC)[C@H](O)[C@@H](C)O9)[C@@H](C)O8)[C@@H](C)O7)[C@@H](C)O6)[C@@H](C)O5)CC[C@]4(C)[C@H]3C[C@@H](OC(C)=O)[C@]12C. The molecule has 0 radical (unpaired) electrons. The number of aliphatic hydroxyl groups excluding tert-OH is 2. The van der Waals surface area contributed by atoms with E-state index in [1.165, 1.54) is 6.92 Å². The Balaban J connectivity index is 0.748. The molecule has 0 aromatic heterocycles. The molecule has 5 aliphatic heterocycles. The molecule has 9 rings (SSSR count). The van der Waals surface area contributed by atoms with Gasteiger partial charge in [0.15, 0.2) is 31.5 Å². The highest BCUT2D eigenvalue weighted by Gasteiger charge is 2.77. The van der Waals surface area contributed by atoms with Gasteiger partial charge in [-0.15, -0.1) is 0 Å². The molecule has 9 aliphatic rings. The first kappa shape index (κ1) is 66.6. The van der Waals surface area contributed by atoms with Crippen molar-refractivity contribution in [2.75, 3.05) is 28.4 Å². The summed E-state index contributed by atoms with van der Waals surface area (Å²) in [6.45, 7) is 20.3. The molecule has 0 aromatic carbocycles. The molecule has 484 valence electrons. The van der Waals surface area contributed by atoms with Crippen LogP contribution in [0.5, 0.6) is 0 Å². The molecule has 0 amide bonds. The minimum absolute atomic E-state index is 0.000515. The number of fused-ring (bicyclic) bond motifs is 5. The van der Waals surface area contributed by atoms with E-state index >= 15 is 0 Å². The van der Waals surface area contributed by atoms with Gasteiger partial charge in [-0.25, -0.2) is 0 Å². The average Bonchev–Trinajstić information content (AvgIpc) is 1.41. The molecule has 4 aliphatic carbocycles. The van der Waals surface area contributed by atoms with Crippen molar-refractivity contribution in [3.05, 3.63) is 0 Å². The number of carbonyl (C=O) groups excluding carboxylic acids is 2. The van der Waals surface area contributed by atoms with Crippen LogP contribution in [-0.2, 0) is 85.4 Å². The smallest absolute Gasteiger partial charge is 0.309 e. The maximum Gasteiger partial charge on any atom is 0.309 e. The first-order chi connectivity index (χ1) is 39.7. The Labute approximate surface area is 497 Å². The van der Waals surface area contributed by atoms with E-state index in [4.69, 9.17) is 75.8 Å². The number of methoxy groups -OCH3 is 4. The summed E-state index contributed by atoms with van der Waals surface area (Å²) >= 11 is 0. The van der Waals surface area contributed by atoms with Crippen LogP contribution in [0.15, 0.2) is 0 Å². The molecular weight excluding hydrogens is 1100 g/mol. The first-order valence-corrected chi connectivity index (χ1v) is 31.6. The van der Waals surface area contributed by atoms with Crippen molar-refractivity contribution >= 4 is 11.9 Å². The second-order valence-corrected chi connectivity index (χ2v) is 26.9. The van der Waals surface area contributed by atoms with E-state index in [0.717, 1.165) is 32.1 Å². The van der Waals surface area contributed by atoms with E-state index in [0.29, 0.717) is 44.9 Å². The Bertz CT molecular complexity index is 2170. The lowest BCUT2D eigenvalue weighted by Crippen LogP contribution is -2.72. The maximum atomic E-state index is 13.1. The molecule has 84 heavy (non-hydrogen) atoms. The van der Waals surface area contributed by atoms with Crippen molar-refractivity contribution < 1.29 is 106 Å². The van der Waals surface area contributed by atoms with Gasteiger partial charge in [0.25, 0.3) is 0 Å². The van der Waals surface area contributed by atoms with Gasteiger partial charge in [0.05, 0.1) is 84.1 Å². The largest absolute Gasteiger partial charge is 0.462 e. The van der Waals surface area contributed by atoms with Crippen molar-refractivity contribution in [1.82, 2.24) is 0 Å². The monoisotopic (exact) mass is 1200 g/mol. The van der Waals surface area contributed by atoms with E-state index < -0.39 is 158 Å². The number of esters is 2. The standard InChI is InChI=1S/C62H104O22/c1-16-30(2)58(66)78-36(8)61(67)21-22-62(68)40-18-17-38-23-39(19-20-59(38,10)41(40)24-47(60(61,62)11)79-37(9)63)80-48-25-42(64)54(32(4)74-48)81-50-27-44(70-13)56(33(5)75-50)83-52-29-46(72-15)57(35(7)77-52)84-51-28-45(71-14)55(34(6)76-51)82-49-26-43(69-12)53(65)31(3)73-49/h30-36,38-57,64-65,67-68H,16-29H2,1-15H3/t30?,31-,32-,33-,34-,35-,36+,38+,39+,40-,41+,42+,43-,44+,45-,46-,47-,48+,49+,50+,51+,52+,53-,54-,55-,56-,57-,59+,60-,61-,62+/m1/s1. The third-order valence-electron chi connectivity index (χ3n) is 22.3. The van der Waals surface area contributed by atoms with Crippen LogP contribution in [0.3, 0.4) is 0 Å². The number of aliphatic hydroxyl groups is 4. The Morgan fingerprint density at radius 3 is 1.50 bits per heavy atom. The Morgan fingerprint density at radius 2 is 1.02 bits per heavy atom. The molecule has 4 N–H and O–H groups in total. The topological polar surface area (TPSA) is 263 Å². The highest BCUT2D eigenvalue weighted by Crippen LogP contribution is 2.71. The van der Waals surface area contributed by atoms with Crippen LogP contribution in [0, 0.1) is 34.5 Å². The highest BCUT2D eigenvalue weighted by molar-refractivity contribution is 5.72. The Morgan fingerprint density at radius 1 is 0.560 bits per heavy atom. The van der Waals surface area contributed by atoms with E-state index in [2.05, 4.69) is 6.92 Å². The summed E-state index contributed by atoms with van der Waals surface area (Å²) in [7, 11) is 6.46. The Hall–Kier alpha value is -1.78. The minimum Gasteiger partial charge on any atom is -0.462 e. The summed E-state index contributed by atoms with van der Waals surface area (Å²) in [4.78, 5) is 25.9. The van der Waals surface area contributed by atoms with Crippen LogP contribution in [0.2, 0.25) is 0 Å². The van der Waals surface area contributed by atoms with Gasteiger partial charge in [0, 0.05) is 67.5 Å². The van der Waals surface area contributed by atoms with Crippen LogP contribution in [0.4, 0.5) is 0 Å². The third-order valence-corrected chi connectivity index (χ3v) is 22.3. The lowest BCUT2D eigenvalue weighted by molar-refractivity contribution is -0.351. The minimum atomic E-state index is -1.63. The molecule has 9 fully saturated rings. The van der Waals surface area contributed by atoms with E-state index in [-0.39, 0.29) is 54.1 Å². The van der Waals surface area contributed by atoms with E-state index in [1.54, 1.807) is 49.2 Å². The zero-order valence-corrected chi connectivity index (χ0v) is 52.6. The van der Waals surface area contributed by atoms with Crippen molar-refractivity contribution in [1.29, 1.82) is 0 Å². The number of hydrogen-bond donors (Lipinski definition) is 4. The summed E-state index contributed by atoms with van der Waals surface area (Å²) in [5.74, 6) is -1.14. The van der Waals surface area contributed by atoms with Gasteiger partial charge < -0.3 is 96.2 Å². The molecule has 4 saturated carbocycles. The van der Waals surface area contributed by atoms with E-state index in [1.807, 2.05) is 41.5 Å². The fourth-order valence-corrected chi connectivity index (χ4v) is 17.0. The molecular formula is C62H104O22. The summed E-state index contributed by atoms with van der Waals surface area (Å²) in [5.41, 5.74) is -4.50. The molecule has 31 atom stereocenters. The zero-order valence-electron chi connectivity index (χ0n) is 52.6. The fraction of sp³-hybridized carbons (Fsp3) is 0.968. The zero-order chi connectivity index (χ0) is 61.0. The van der Waals surface area contributed by atoms with Crippen molar-refractivity contribution in [3.63, 3.8) is 0 Å². The highest BCUT2D eigenvalue weighted by atomic mass is 16.8. The van der Waals surface area contributed by atoms with Crippen molar-refractivity contribution in [2.45, 2.75) is 319 Å². The summed E-state index contributed by atoms with van der Waals surface area (Å²) in [6.07, 6.45) is -5.93. The summed E-state index contributed by atoms with van der Waals surface area (Å²) in [6, 6.07) is 0. The van der Waals surface area contributed by atoms with Crippen molar-refractivity contribution in [2.24, 2.45) is 34.5 Å². The van der Waals surface area contributed by atoms with Crippen LogP contribution >= 0.6 is 0 Å². The number of carbonyl (C=O) groups is 2. The molecule has 22 heteroatoms. The van der Waals surface area contributed by atoms with Gasteiger partial charge in [-0.05, 0) is 122 Å². The molecule has 0 spiro atoms. The molecule has 1 unspecified atom stereocenters. The lowest BCUT2D eigenvalue weighted by atomic mass is 9.42. The molecule has 0 bridgehead atoms. The summed E-state index contributed by atoms with van der Waals surface area (Å²) < 4.78 is 100. The molecule has 5 heterocycles. The quantitative estimate of drug-likeness (QED) is 0.0883. The van der Waals surface area contributed by atoms with Gasteiger partial charge in [-0.1, -0.05) is 27.7 Å². The number of rotatable bonds is 19. The molecule has 22 nitrogen and oxygen atoms in total. The first-order valence-electron chi connectivity index (χ1n) is 31.6.